The van der Waals surface area contributed by atoms with Gasteiger partial charge in [-0.1, -0.05) is 32.0 Å². The number of fused-ring (bicyclic) bond motifs is 1. The Morgan fingerprint density at radius 3 is 2.33 bits per heavy atom. The van der Waals surface area contributed by atoms with E-state index in [4.69, 9.17) is 4.74 Å². The third kappa shape index (κ3) is 3.49. The van der Waals surface area contributed by atoms with Crippen molar-refractivity contribution in [1.29, 1.82) is 0 Å². The maximum absolute atomic E-state index is 12.3. The molecule has 4 heteroatoms. The number of esters is 1. The fraction of sp³-hybridized carbons (Fsp3) is 0.696. The predicted molar refractivity (Wildman–Crippen MR) is 109 cm³/mol. The van der Waals surface area contributed by atoms with E-state index < -0.39 is 0 Å². The number of anilines is 1. The van der Waals surface area contributed by atoms with E-state index in [9.17, 15) is 4.79 Å². The van der Waals surface area contributed by atoms with E-state index in [2.05, 4.69) is 54.8 Å². The molecule has 3 saturated heterocycles. The van der Waals surface area contributed by atoms with Crippen LogP contribution in [-0.4, -0.2) is 49.7 Å². The highest BCUT2D eigenvalue weighted by atomic mass is 16.6. The molecule has 2 unspecified atom stereocenters. The number of ether oxygens (including phenoxy) is 1. The molecule has 3 aliphatic rings. The van der Waals surface area contributed by atoms with Crippen LogP contribution in [0.4, 0.5) is 5.69 Å². The van der Waals surface area contributed by atoms with Crippen LogP contribution in [0.15, 0.2) is 24.3 Å². The number of cyclic esters (lactones) is 1. The van der Waals surface area contributed by atoms with Crippen LogP contribution in [0.3, 0.4) is 0 Å². The molecule has 148 valence electrons. The first-order valence-electron chi connectivity index (χ1n) is 10.8. The van der Waals surface area contributed by atoms with Gasteiger partial charge in [0.25, 0.3) is 0 Å². The lowest BCUT2D eigenvalue weighted by atomic mass is 9.79. The molecule has 4 rings (SSSR count). The second-order valence-electron chi connectivity index (χ2n) is 8.98. The fourth-order valence-corrected chi connectivity index (χ4v) is 5.54. The third-order valence-electron chi connectivity index (χ3n) is 7.46. The molecule has 0 spiro atoms. The van der Waals surface area contributed by atoms with Gasteiger partial charge in [0.1, 0.15) is 6.10 Å². The zero-order valence-corrected chi connectivity index (χ0v) is 17.1. The first kappa shape index (κ1) is 18.8. The van der Waals surface area contributed by atoms with E-state index in [1.54, 1.807) is 0 Å². The Hall–Kier alpha value is -1.55. The maximum Gasteiger partial charge on any atom is 0.312 e. The third-order valence-corrected chi connectivity index (χ3v) is 7.46. The Bertz CT molecular complexity index is 671. The molecule has 3 fully saturated rings. The molecular formula is C23H34N2O2. The zero-order valence-electron chi connectivity index (χ0n) is 17.1. The van der Waals surface area contributed by atoms with Crippen molar-refractivity contribution in [2.24, 2.45) is 17.3 Å². The fourth-order valence-electron chi connectivity index (χ4n) is 5.54. The molecule has 1 aromatic rings. The number of carbonyl (C=O) groups excluding carboxylic acids is 1. The van der Waals surface area contributed by atoms with Crippen molar-refractivity contribution in [2.45, 2.75) is 52.6 Å². The average Bonchev–Trinajstić information content (AvgIpc) is 3.31. The number of aryl methyl sites for hydroxylation is 1. The van der Waals surface area contributed by atoms with E-state index in [0.29, 0.717) is 0 Å². The summed E-state index contributed by atoms with van der Waals surface area (Å²) in [5.41, 5.74) is 2.58. The first-order chi connectivity index (χ1) is 13.0. The largest absolute Gasteiger partial charge is 0.462 e. The minimum Gasteiger partial charge on any atom is -0.462 e. The van der Waals surface area contributed by atoms with Gasteiger partial charge in [0, 0.05) is 44.8 Å². The van der Waals surface area contributed by atoms with Crippen LogP contribution in [0.25, 0.3) is 0 Å². The smallest absolute Gasteiger partial charge is 0.312 e. The van der Waals surface area contributed by atoms with E-state index in [1.807, 2.05) is 0 Å². The quantitative estimate of drug-likeness (QED) is 0.712. The monoisotopic (exact) mass is 370 g/mol. The summed E-state index contributed by atoms with van der Waals surface area (Å²) in [5.74, 6) is 1.60. The highest BCUT2D eigenvalue weighted by molar-refractivity contribution is 5.78. The van der Waals surface area contributed by atoms with Crippen molar-refractivity contribution in [3.8, 4) is 0 Å². The van der Waals surface area contributed by atoms with Gasteiger partial charge in [-0.2, -0.15) is 0 Å². The predicted octanol–water partition coefficient (Wildman–Crippen LogP) is 3.88. The lowest BCUT2D eigenvalue weighted by Crippen LogP contribution is -2.31. The summed E-state index contributed by atoms with van der Waals surface area (Å²) in [5, 5.41) is 0. The molecule has 0 amide bonds. The van der Waals surface area contributed by atoms with Crippen LogP contribution in [-0.2, 0) is 9.53 Å². The van der Waals surface area contributed by atoms with Crippen LogP contribution in [0.1, 0.15) is 45.1 Å². The van der Waals surface area contributed by atoms with Crippen LogP contribution in [0.2, 0.25) is 0 Å². The van der Waals surface area contributed by atoms with Crippen LogP contribution in [0.5, 0.6) is 0 Å². The average molecular weight is 371 g/mol. The second-order valence-corrected chi connectivity index (χ2v) is 8.98. The normalized spacial score (nSPS) is 30.0. The number of hydrogen-bond donors (Lipinski definition) is 0. The molecule has 1 aromatic carbocycles. The van der Waals surface area contributed by atoms with Crippen molar-refractivity contribution in [1.82, 2.24) is 4.90 Å². The van der Waals surface area contributed by atoms with Crippen molar-refractivity contribution in [3.63, 3.8) is 0 Å². The van der Waals surface area contributed by atoms with Crippen molar-refractivity contribution in [2.75, 3.05) is 37.6 Å². The molecule has 3 atom stereocenters. The van der Waals surface area contributed by atoms with Crippen LogP contribution in [0, 0.1) is 24.2 Å². The van der Waals surface area contributed by atoms with Gasteiger partial charge in [-0.25, -0.2) is 0 Å². The lowest BCUT2D eigenvalue weighted by molar-refractivity contribution is -0.149. The van der Waals surface area contributed by atoms with Crippen molar-refractivity contribution >= 4 is 11.7 Å². The van der Waals surface area contributed by atoms with Gasteiger partial charge in [0.15, 0.2) is 0 Å². The van der Waals surface area contributed by atoms with Gasteiger partial charge < -0.3 is 14.5 Å². The first-order valence-corrected chi connectivity index (χ1v) is 10.8. The van der Waals surface area contributed by atoms with Gasteiger partial charge in [-0.3, -0.25) is 4.79 Å². The zero-order chi connectivity index (χ0) is 19.0. The molecule has 27 heavy (non-hydrogen) atoms. The van der Waals surface area contributed by atoms with Gasteiger partial charge in [-0.15, -0.1) is 0 Å². The van der Waals surface area contributed by atoms with E-state index >= 15 is 0 Å². The topological polar surface area (TPSA) is 32.8 Å². The minimum absolute atomic E-state index is 0.0460. The molecule has 4 nitrogen and oxygen atoms in total. The van der Waals surface area contributed by atoms with E-state index in [1.165, 1.54) is 37.4 Å². The Labute approximate surface area is 163 Å². The standard InChI is InChI=1S/C23H34N2O2/c1-4-23(5-2)12-20(27-22(23)26)10-11-24-13-18-15-25(16-19(18)14-24)21-9-7-6-8-17(21)3/h6-9,18-20H,4-5,10-16H2,1-3H3/t18?,19?,20-/m0/s1. The van der Waals surface area contributed by atoms with Gasteiger partial charge in [0.05, 0.1) is 5.41 Å². The highest BCUT2D eigenvalue weighted by Gasteiger charge is 2.46. The molecule has 0 bridgehead atoms. The van der Waals surface area contributed by atoms with Gasteiger partial charge in [-0.05, 0) is 49.7 Å². The Morgan fingerprint density at radius 2 is 1.74 bits per heavy atom. The molecule has 3 heterocycles. The number of rotatable bonds is 6. The number of benzene rings is 1. The number of carbonyl (C=O) groups is 1. The van der Waals surface area contributed by atoms with Gasteiger partial charge >= 0.3 is 5.97 Å². The molecule has 0 radical (unpaired) electrons. The Morgan fingerprint density at radius 1 is 1.07 bits per heavy atom. The maximum atomic E-state index is 12.3. The van der Waals surface area contributed by atoms with Crippen molar-refractivity contribution in [3.05, 3.63) is 29.8 Å². The van der Waals surface area contributed by atoms with E-state index in [-0.39, 0.29) is 17.5 Å². The number of nitrogens with zero attached hydrogens (tertiary/aromatic N) is 2. The molecular weight excluding hydrogens is 336 g/mol. The second kappa shape index (κ2) is 7.46. The minimum atomic E-state index is -0.208. The number of likely N-dealkylation sites (tertiary alicyclic amines) is 1. The molecule has 0 saturated carbocycles. The van der Waals surface area contributed by atoms with Crippen LogP contribution < -0.4 is 4.90 Å². The Balaban J connectivity index is 1.27. The molecule has 3 aliphatic heterocycles. The number of hydrogen-bond acceptors (Lipinski definition) is 4. The molecule has 0 aromatic heterocycles. The highest BCUT2D eigenvalue weighted by Crippen LogP contribution is 2.41. The summed E-state index contributed by atoms with van der Waals surface area (Å²) < 4.78 is 5.73. The van der Waals surface area contributed by atoms with E-state index in [0.717, 1.165) is 44.1 Å². The molecule has 0 aliphatic carbocycles. The summed E-state index contributed by atoms with van der Waals surface area (Å²) in [6, 6.07) is 8.75. The van der Waals surface area contributed by atoms with Crippen LogP contribution >= 0.6 is 0 Å². The summed E-state index contributed by atoms with van der Waals surface area (Å²) >= 11 is 0. The Kier molecular flexibility index (Phi) is 5.19. The summed E-state index contributed by atoms with van der Waals surface area (Å²) in [6.07, 6.45) is 3.85. The summed E-state index contributed by atoms with van der Waals surface area (Å²) in [4.78, 5) is 17.5. The molecule has 0 N–H and O–H groups in total. The summed E-state index contributed by atoms with van der Waals surface area (Å²) in [6.45, 7) is 12.3. The summed E-state index contributed by atoms with van der Waals surface area (Å²) in [7, 11) is 0. The lowest BCUT2D eigenvalue weighted by Gasteiger charge is -2.25. The number of para-hydroxylation sites is 1. The van der Waals surface area contributed by atoms with Gasteiger partial charge in [0.2, 0.25) is 0 Å². The SMILES string of the molecule is CCC1(CC)C[C@H](CCN2CC3CN(c4ccccc4C)CC3C2)OC1=O. The van der Waals surface area contributed by atoms with Crippen molar-refractivity contribution < 1.29 is 9.53 Å².